The summed E-state index contributed by atoms with van der Waals surface area (Å²) in [6.07, 6.45) is 4.74. The fraction of sp³-hybridized carbons (Fsp3) is 0.818. The Balaban J connectivity index is 2.38. The van der Waals surface area contributed by atoms with E-state index in [4.69, 9.17) is 5.11 Å². The van der Waals surface area contributed by atoms with Gasteiger partial charge in [0.05, 0.1) is 0 Å². The van der Waals surface area contributed by atoms with Crippen LogP contribution in [0.5, 0.6) is 0 Å². The Labute approximate surface area is 90.0 Å². The van der Waals surface area contributed by atoms with Gasteiger partial charge in [0.25, 0.3) is 0 Å². The van der Waals surface area contributed by atoms with Crippen LogP contribution in [-0.2, 0) is 9.59 Å². The third kappa shape index (κ3) is 2.94. The van der Waals surface area contributed by atoms with E-state index in [0.717, 1.165) is 12.8 Å². The molecule has 0 atom stereocenters. The SMILES string of the molecule is CC(C)(C(=O)O)C(=O)NCC1CCCC1. The van der Waals surface area contributed by atoms with E-state index in [1.54, 1.807) is 0 Å². The first-order chi connectivity index (χ1) is 6.94. The summed E-state index contributed by atoms with van der Waals surface area (Å²) in [4.78, 5) is 22.4. The Morgan fingerprint density at radius 3 is 2.33 bits per heavy atom. The van der Waals surface area contributed by atoms with Crippen LogP contribution >= 0.6 is 0 Å². The Kier molecular flexibility index (Phi) is 3.72. The number of carbonyl (C=O) groups is 2. The molecule has 4 heteroatoms. The second-order valence-electron chi connectivity index (χ2n) is 4.79. The van der Waals surface area contributed by atoms with Crippen LogP contribution in [0.25, 0.3) is 0 Å². The number of amides is 1. The molecular formula is C11H19NO3. The largest absolute Gasteiger partial charge is 0.480 e. The van der Waals surface area contributed by atoms with Crippen molar-refractivity contribution >= 4 is 11.9 Å². The highest BCUT2D eigenvalue weighted by atomic mass is 16.4. The lowest BCUT2D eigenvalue weighted by Gasteiger charge is -2.19. The minimum atomic E-state index is -1.32. The highest BCUT2D eigenvalue weighted by Crippen LogP contribution is 2.24. The van der Waals surface area contributed by atoms with Crippen LogP contribution in [0.3, 0.4) is 0 Å². The van der Waals surface area contributed by atoms with Crippen molar-refractivity contribution in [2.24, 2.45) is 11.3 Å². The van der Waals surface area contributed by atoms with Crippen LogP contribution in [-0.4, -0.2) is 23.5 Å². The van der Waals surface area contributed by atoms with E-state index in [1.165, 1.54) is 26.7 Å². The van der Waals surface area contributed by atoms with Gasteiger partial charge in [0.1, 0.15) is 5.41 Å². The summed E-state index contributed by atoms with van der Waals surface area (Å²) in [5, 5.41) is 11.6. The number of nitrogens with one attached hydrogen (secondary N) is 1. The first-order valence-electron chi connectivity index (χ1n) is 5.46. The number of hydrogen-bond acceptors (Lipinski definition) is 2. The van der Waals surface area contributed by atoms with Crippen LogP contribution in [0.1, 0.15) is 39.5 Å². The molecule has 0 heterocycles. The topological polar surface area (TPSA) is 66.4 Å². The molecule has 1 rings (SSSR count). The highest BCUT2D eigenvalue weighted by molar-refractivity contribution is 6.00. The Morgan fingerprint density at radius 2 is 1.87 bits per heavy atom. The number of aliphatic carboxylic acids is 1. The molecule has 0 saturated heterocycles. The molecule has 0 aliphatic heterocycles. The second-order valence-corrected chi connectivity index (χ2v) is 4.79. The number of rotatable bonds is 4. The molecule has 0 spiro atoms. The lowest BCUT2D eigenvalue weighted by Crippen LogP contribution is -2.43. The molecule has 86 valence electrons. The maximum absolute atomic E-state index is 11.6. The Hall–Kier alpha value is -1.06. The molecule has 0 aromatic heterocycles. The van der Waals surface area contributed by atoms with Crippen LogP contribution < -0.4 is 5.32 Å². The minimum absolute atomic E-state index is 0.387. The van der Waals surface area contributed by atoms with Crippen LogP contribution in [0, 0.1) is 11.3 Å². The van der Waals surface area contributed by atoms with Gasteiger partial charge < -0.3 is 10.4 Å². The molecule has 1 aliphatic rings. The van der Waals surface area contributed by atoms with Crippen molar-refractivity contribution in [3.8, 4) is 0 Å². The Bertz CT molecular complexity index is 255. The van der Waals surface area contributed by atoms with Gasteiger partial charge in [-0.2, -0.15) is 0 Å². The van der Waals surface area contributed by atoms with Gasteiger partial charge in [-0.15, -0.1) is 0 Å². The predicted octanol–water partition coefficient (Wildman–Crippen LogP) is 1.40. The lowest BCUT2D eigenvalue weighted by molar-refractivity contribution is -0.153. The van der Waals surface area contributed by atoms with E-state index < -0.39 is 11.4 Å². The van der Waals surface area contributed by atoms with Crippen molar-refractivity contribution < 1.29 is 14.7 Å². The summed E-state index contributed by atoms with van der Waals surface area (Å²) in [7, 11) is 0. The molecule has 0 aromatic carbocycles. The standard InChI is InChI=1S/C11H19NO3/c1-11(2,10(14)15)9(13)12-7-8-5-3-4-6-8/h8H,3-7H2,1-2H3,(H,12,13)(H,14,15). The van der Waals surface area contributed by atoms with E-state index in [2.05, 4.69) is 5.32 Å². The third-order valence-corrected chi connectivity index (χ3v) is 3.13. The molecule has 1 aliphatic carbocycles. The second kappa shape index (κ2) is 4.64. The summed E-state index contributed by atoms with van der Waals surface area (Å²) < 4.78 is 0. The summed E-state index contributed by atoms with van der Waals surface area (Å²) >= 11 is 0. The first-order valence-corrected chi connectivity index (χ1v) is 5.46. The predicted molar refractivity (Wildman–Crippen MR) is 56.4 cm³/mol. The van der Waals surface area contributed by atoms with Crippen LogP contribution in [0.2, 0.25) is 0 Å². The Morgan fingerprint density at radius 1 is 1.33 bits per heavy atom. The summed E-state index contributed by atoms with van der Waals surface area (Å²) in [5.41, 5.74) is -1.32. The van der Waals surface area contributed by atoms with Crippen molar-refractivity contribution in [1.82, 2.24) is 5.32 Å². The van der Waals surface area contributed by atoms with E-state index in [9.17, 15) is 9.59 Å². The van der Waals surface area contributed by atoms with Crippen molar-refractivity contribution in [3.63, 3.8) is 0 Å². The molecule has 0 unspecified atom stereocenters. The van der Waals surface area contributed by atoms with Gasteiger partial charge in [0.2, 0.25) is 5.91 Å². The van der Waals surface area contributed by atoms with Gasteiger partial charge in [-0.05, 0) is 32.6 Å². The van der Waals surface area contributed by atoms with Gasteiger partial charge in [-0.1, -0.05) is 12.8 Å². The number of carbonyl (C=O) groups excluding carboxylic acids is 1. The smallest absolute Gasteiger partial charge is 0.318 e. The lowest BCUT2D eigenvalue weighted by atomic mass is 9.92. The zero-order valence-electron chi connectivity index (χ0n) is 9.38. The van der Waals surface area contributed by atoms with Crippen molar-refractivity contribution in [3.05, 3.63) is 0 Å². The highest BCUT2D eigenvalue weighted by Gasteiger charge is 2.36. The van der Waals surface area contributed by atoms with Crippen molar-refractivity contribution in [1.29, 1.82) is 0 Å². The quantitative estimate of drug-likeness (QED) is 0.694. The zero-order valence-corrected chi connectivity index (χ0v) is 9.38. The number of carboxylic acid groups (broad SMARTS) is 1. The molecular weight excluding hydrogens is 194 g/mol. The fourth-order valence-electron chi connectivity index (χ4n) is 1.77. The summed E-state index contributed by atoms with van der Waals surface area (Å²) in [6.45, 7) is 3.48. The van der Waals surface area contributed by atoms with Gasteiger partial charge >= 0.3 is 5.97 Å². The normalized spacial score (nSPS) is 17.7. The number of carboxylic acids is 1. The maximum Gasteiger partial charge on any atom is 0.318 e. The monoisotopic (exact) mass is 213 g/mol. The number of hydrogen-bond donors (Lipinski definition) is 2. The molecule has 15 heavy (non-hydrogen) atoms. The van der Waals surface area contributed by atoms with E-state index in [-0.39, 0.29) is 5.91 Å². The van der Waals surface area contributed by atoms with Crippen LogP contribution in [0.15, 0.2) is 0 Å². The van der Waals surface area contributed by atoms with E-state index in [1.807, 2.05) is 0 Å². The average molecular weight is 213 g/mol. The van der Waals surface area contributed by atoms with Crippen molar-refractivity contribution in [2.75, 3.05) is 6.54 Å². The zero-order chi connectivity index (χ0) is 11.5. The molecule has 1 fully saturated rings. The molecule has 1 saturated carbocycles. The molecule has 0 aromatic rings. The van der Waals surface area contributed by atoms with Crippen LogP contribution in [0.4, 0.5) is 0 Å². The van der Waals surface area contributed by atoms with E-state index >= 15 is 0 Å². The molecule has 0 radical (unpaired) electrons. The molecule has 4 nitrogen and oxygen atoms in total. The van der Waals surface area contributed by atoms with Crippen molar-refractivity contribution in [2.45, 2.75) is 39.5 Å². The fourth-order valence-corrected chi connectivity index (χ4v) is 1.77. The van der Waals surface area contributed by atoms with Gasteiger partial charge in [-0.25, -0.2) is 0 Å². The third-order valence-electron chi connectivity index (χ3n) is 3.13. The molecule has 1 amide bonds. The summed E-state index contributed by atoms with van der Waals surface area (Å²) in [6, 6.07) is 0. The van der Waals surface area contributed by atoms with Gasteiger partial charge in [0.15, 0.2) is 0 Å². The summed E-state index contributed by atoms with van der Waals surface area (Å²) in [5.74, 6) is -0.924. The molecule has 0 bridgehead atoms. The first kappa shape index (κ1) is 12.0. The minimum Gasteiger partial charge on any atom is -0.480 e. The molecule has 2 N–H and O–H groups in total. The average Bonchev–Trinajstić information content (AvgIpc) is 2.66. The van der Waals surface area contributed by atoms with Gasteiger partial charge in [-0.3, -0.25) is 9.59 Å². The van der Waals surface area contributed by atoms with Gasteiger partial charge in [0, 0.05) is 6.54 Å². The van der Waals surface area contributed by atoms with E-state index in [0.29, 0.717) is 12.5 Å². The maximum atomic E-state index is 11.6.